The van der Waals surface area contributed by atoms with Crippen molar-refractivity contribution in [2.45, 2.75) is 13.0 Å². The van der Waals surface area contributed by atoms with Crippen molar-refractivity contribution in [2.24, 2.45) is 0 Å². The molecule has 1 heterocycles. The van der Waals surface area contributed by atoms with Gasteiger partial charge in [0, 0.05) is 31.4 Å². The fourth-order valence-electron chi connectivity index (χ4n) is 4.03. The molecule has 0 N–H and O–H groups in total. The number of nitrogens with zero attached hydrogens (tertiary/aromatic N) is 2. The lowest BCUT2D eigenvalue weighted by atomic mass is 10.1. The van der Waals surface area contributed by atoms with Gasteiger partial charge >= 0.3 is 5.97 Å². The first-order valence-corrected chi connectivity index (χ1v) is 13.2. The summed E-state index contributed by atoms with van der Waals surface area (Å²) in [6.45, 7) is 2.50. The molecule has 4 rings (SSSR count). The van der Waals surface area contributed by atoms with Gasteiger partial charge in [-0.2, -0.15) is 0 Å². The molecule has 3 aromatic carbocycles. The number of rotatable bonds is 6. The van der Waals surface area contributed by atoms with Crippen LogP contribution in [0.1, 0.15) is 27.5 Å². The molecule has 1 unspecified atom stereocenters. The Kier molecular flexibility index (Phi) is 7.33. The summed E-state index contributed by atoms with van der Waals surface area (Å²) >= 11 is 0. The van der Waals surface area contributed by atoms with Crippen LogP contribution in [0.15, 0.2) is 78.9 Å². The van der Waals surface area contributed by atoms with Crippen LogP contribution < -0.4 is 9.64 Å². The largest absolute Gasteiger partial charge is 0.425 e. The van der Waals surface area contributed by atoms with Crippen LogP contribution in [0.25, 0.3) is 0 Å². The second kappa shape index (κ2) is 10.4. The zero-order valence-corrected chi connectivity index (χ0v) is 20.6. The second-order valence-corrected chi connectivity index (χ2v) is 10.9. The molecule has 0 spiro atoms. The number of anilines is 1. The number of hydrogen-bond acceptors (Lipinski definition) is 6. The molecule has 0 aromatic heterocycles. The highest BCUT2D eigenvalue weighted by Gasteiger charge is 2.33. The van der Waals surface area contributed by atoms with E-state index in [1.54, 1.807) is 43.4 Å². The van der Waals surface area contributed by atoms with Crippen molar-refractivity contribution < 1.29 is 22.7 Å². The standard InChI is InChI=1S/C27H28N2O5S/c1-20-8-10-22(11-9-20)26(30)28(2)23-12-14-24(15-13-23)34-27(31)25(21-6-4-3-5-7-21)29-16-18-35(32,33)19-17-29/h3-15,25H,16-19H2,1-2H3. The van der Waals surface area contributed by atoms with Crippen LogP contribution in [0.5, 0.6) is 5.75 Å². The van der Waals surface area contributed by atoms with Crippen molar-refractivity contribution in [3.8, 4) is 5.75 Å². The van der Waals surface area contributed by atoms with Crippen molar-refractivity contribution in [2.75, 3.05) is 36.5 Å². The number of amides is 1. The molecule has 1 fully saturated rings. The molecule has 182 valence electrons. The van der Waals surface area contributed by atoms with E-state index in [-0.39, 0.29) is 30.5 Å². The van der Waals surface area contributed by atoms with Crippen LogP contribution in [-0.2, 0) is 14.6 Å². The molecule has 0 bridgehead atoms. The van der Waals surface area contributed by atoms with E-state index in [1.807, 2.05) is 54.3 Å². The van der Waals surface area contributed by atoms with Crippen molar-refractivity contribution in [3.63, 3.8) is 0 Å². The molecule has 1 amide bonds. The maximum atomic E-state index is 13.2. The van der Waals surface area contributed by atoms with E-state index in [2.05, 4.69) is 0 Å². The van der Waals surface area contributed by atoms with Gasteiger partial charge in [0.1, 0.15) is 11.8 Å². The van der Waals surface area contributed by atoms with Gasteiger partial charge in [0.05, 0.1) is 11.5 Å². The zero-order chi connectivity index (χ0) is 25.0. The highest BCUT2D eigenvalue weighted by molar-refractivity contribution is 7.91. The SMILES string of the molecule is Cc1ccc(C(=O)N(C)c2ccc(OC(=O)C(c3ccccc3)N3CCS(=O)(=O)CC3)cc2)cc1. The van der Waals surface area contributed by atoms with Gasteiger partial charge in [0.15, 0.2) is 9.84 Å². The molecule has 7 nitrogen and oxygen atoms in total. The first-order chi connectivity index (χ1) is 16.7. The third-order valence-corrected chi connectivity index (χ3v) is 7.74. The Hall–Kier alpha value is -3.49. The van der Waals surface area contributed by atoms with Crippen LogP contribution in [0.3, 0.4) is 0 Å². The topological polar surface area (TPSA) is 84.0 Å². The van der Waals surface area contributed by atoms with E-state index in [9.17, 15) is 18.0 Å². The molecule has 35 heavy (non-hydrogen) atoms. The molecule has 0 radical (unpaired) electrons. The second-order valence-electron chi connectivity index (χ2n) is 8.65. The smallest absolute Gasteiger partial charge is 0.333 e. The number of hydrogen-bond donors (Lipinski definition) is 0. The van der Waals surface area contributed by atoms with E-state index in [1.165, 1.54) is 4.90 Å². The molecular weight excluding hydrogens is 464 g/mol. The maximum Gasteiger partial charge on any atom is 0.333 e. The summed E-state index contributed by atoms with van der Waals surface area (Å²) in [5, 5.41) is 0. The van der Waals surface area contributed by atoms with Gasteiger partial charge in [-0.15, -0.1) is 0 Å². The minimum Gasteiger partial charge on any atom is -0.425 e. The van der Waals surface area contributed by atoms with E-state index in [0.717, 1.165) is 11.1 Å². The Balaban J connectivity index is 1.48. The Morgan fingerprint density at radius 2 is 1.49 bits per heavy atom. The Labute approximate surface area is 205 Å². The molecule has 0 aliphatic carbocycles. The van der Waals surface area contributed by atoms with Crippen LogP contribution >= 0.6 is 0 Å². The fourth-order valence-corrected chi connectivity index (χ4v) is 5.26. The first kappa shape index (κ1) is 24.6. The van der Waals surface area contributed by atoms with Crippen LogP contribution in [0.4, 0.5) is 5.69 Å². The summed E-state index contributed by atoms with van der Waals surface area (Å²) in [7, 11) is -1.39. The van der Waals surface area contributed by atoms with Crippen LogP contribution in [0, 0.1) is 6.92 Å². The average molecular weight is 493 g/mol. The van der Waals surface area contributed by atoms with Gasteiger partial charge in [-0.25, -0.2) is 13.2 Å². The van der Waals surface area contributed by atoms with Gasteiger partial charge in [0.2, 0.25) is 0 Å². The van der Waals surface area contributed by atoms with Gasteiger partial charge in [0.25, 0.3) is 5.91 Å². The van der Waals surface area contributed by atoms with Crippen LogP contribution in [0.2, 0.25) is 0 Å². The number of aryl methyl sites for hydroxylation is 1. The molecule has 3 aromatic rings. The molecule has 1 atom stereocenters. The Bertz CT molecular complexity index is 1280. The van der Waals surface area contributed by atoms with Gasteiger partial charge in [-0.1, -0.05) is 48.0 Å². The summed E-state index contributed by atoms with van der Waals surface area (Å²) in [6.07, 6.45) is 0. The molecule has 1 saturated heterocycles. The van der Waals surface area contributed by atoms with E-state index >= 15 is 0 Å². The zero-order valence-electron chi connectivity index (χ0n) is 19.8. The van der Waals surface area contributed by atoms with E-state index < -0.39 is 21.8 Å². The summed E-state index contributed by atoms with van der Waals surface area (Å²) in [5.74, 6) is -0.244. The minimum atomic E-state index is -3.08. The summed E-state index contributed by atoms with van der Waals surface area (Å²) in [6, 6.07) is 22.6. The molecule has 1 aliphatic heterocycles. The lowest BCUT2D eigenvalue weighted by Crippen LogP contribution is -2.45. The number of carbonyl (C=O) groups is 2. The van der Waals surface area contributed by atoms with Crippen molar-refractivity contribution in [3.05, 3.63) is 95.6 Å². The van der Waals surface area contributed by atoms with Gasteiger partial charge in [-0.3, -0.25) is 9.69 Å². The lowest BCUT2D eigenvalue weighted by Gasteiger charge is -2.33. The minimum absolute atomic E-state index is 0.0135. The number of benzene rings is 3. The van der Waals surface area contributed by atoms with Gasteiger partial charge in [-0.05, 0) is 48.9 Å². The number of sulfone groups is 1. The van der Waals surface area contributed by atoms with E-state index in [4.69, 9.17) is 4.74 Å². The summed E-state index contributed by atoms with van der Waals surface area (Å²) in [5.41, 5.74) is 3.08. The normalized spacial score (nSPS) is 16.3. The monoisotopic (exact) mass is 492 g/mol. The number of ether oxygens (including phenoxy) is 1. The van der Waals surface area contributed by atoms with Gasteiger partial charge < -0.3 is 9.64 Å². The maximum absolute atomic E-state index is 13.2. The number of carbonyl (C=O) groups excluding carboxylic acids is 2. The summed E-state index contributed by atoms with van der Waals surface area (Å²) in [4.78, 5) is 29.4. The summed E-state index contributed by atoms with van der Waals surface area (Å²) < 4.78 is 29.5. The Morgan fingerprint density at radius 1 is 0.886 bits per heavy atom. The average Bonchev–Trinajstić information content (AvgIpc) is 2.86. The molecule has 0 saturated carbocycles. The highest BCUT2D eigenvalue weighted by atomic mass is 32.2. The molecular formula is C27H28N2O5S. The van der Waals surface area contributed by atoms with E-state index in [0.29, 0.717) is 17.0 Å². The third kappa shape index (κ3) is 5.96. The highest BCUT2D eigenvalue weighted by Crippen LogP contribution is 2.27. The van der Waals surface area contributed by atoms with Crippen molar-refractivity contribution >= 4 is 27.4 Å². The first-order valence-electron chi connectivity index (χ1n) is 11.4. The Morgan fingerprint density at radius 3 is 2.09 bits per heavy atom. The van der Waals surface area contributed by atoms with Crippen molar-refractivity contribution in [1.82, 2.24) is 4.90 Å². The fraction of sp³-hybridized carbons (Fsp3) is 0.259. The predicted octanol–water partition coefficient (Wildman–Crippen LogP) is 3.65. The molecule has 8 heteroatoms. The third-order valence-electron chi connectivity index (χ3n) is 6.13. The predicted molar refractivity (Wildman–Crippen MR) is 135 cm³/mol. The lowest BCUT2D eigenvalue weighted by molar-refractivity contribution is -0.140. The number of esters is 1. The molecule has 1 aliphatic rings. The quantitative estimate of drug-likeness (QED) is 0.386. The van der Waals surface area contributed by atoms with Crippen LogP contribution in [-0.4, -0.2) is 56.8 Å². The van der Waals surface area contributed by atoms with Crippen molar-refractivity contribution in [1.29, 1.82) is 0 Å².